The number of aliphatic hydroxyl groups is 2. The molecule has 5 N–H and O–H groups in total. The molecule has 0 saturated heterocycles. The first-order valence-corrected chi connectivity index (χ1v) is 7.49. The molecular weight excluding hydrogens is 268 g/mol. The third-order valence-corrected chi connectivity index (χ3v) is 3.72. The number of primary amides is 1. The van der Waals surface area contributed by atoms with E-state index in [2.05, 4.69) is 5.32 Å². The second-order valence-corrected chi connectivity index (χ2v) is 5.25. The molecule has 2 rings (SSSR count). The molecule has 0 aliphatic heterocycles. The van der Waals surface area contributed by atoms with Gasteiger partial charge in [-0.05, 0) is 30.9 Å². The average Bonchev–Trinajstić information content (AvgIpc) is 2.54. The highest BCUT2D eigenvalue weighted by molar-refractivity contribution is 5.77. The van der Waals surface area contributed by atoms with Gasteiger partial charge in [0.2, 0.25) is 5.91 Å². The number of hydrogen-bond donors (Lipinski definition) is 4. The van der Waals surface area contributed by atoms with Gasteiger partial charge in [-0.2, -0.15) is 0 Å². The number of nitrogens with two attached hydrogens (primary N) is 1. The summed E-state index contributed by atoms with van der Waals surface area (Å²) < 4.78 is 0. The molecule has 0 radical (unpaired) electrons. The van der Waals surface area contributed by atoms with E-state index in [4.69, 9.17) is 15.9 Å². The van der Waals surface area contributed by atoms with E-state index in [0.717, 1.165) is 31.4 Å². The summed E-state index contributed by atoms with van der Waals surface area (Å²) in [4.78, 5) is 10.8. The lowest BCUT2D eigenvalue weighted by atomic mass is 9.79. The van der Waals surface area contributed by atoms with Crippen molar-refractivity contribution in [3.05, 3.63) is 30.3 Å². The van der Waals surface area contributed by atoms with Crippen LogP contribution in [-0.2, 0) is 4.79 Å². The topological polar surface area (TPSA) is 95.6 Å². The Hall–Kier alpha value is -1.59. The predicted molar refractivity (Wildman–Crippen MR) is 83.7 cm³/mol. The number of anilines is 1. The van der Waals surface area contributed by atoms with Gasteiger partial charge in [0.1, 0.15) is 0 Å². The van der Waals surface area contributed by atoms with E-state index in [1.807, 2.05) is 30.3 Å². The Morgan fingerprint density at radius 1 is 1.19 bits per heavy atom. The molecule has 0 aromatic heterocycles. The second-order valence-electron chi connectivity index (χ2n) is 5.25. The molecule has 21 heavy (non-hydrogen) atoms. The van der Waals surface area contributed by atoms with E-state index in [1.165, 1.54) is 0 Å². The van der Waals surface area contributed by atoms with Gasteiger partial charge in [0, 0.05) is 24.8 Å². The van der Waals surface area contributed by atoms with Gasteiger partial charge in [-0.1, -0.05) is 31.0 Å². The number of aliphatic hydroxyl groups excluding tert-OH is 2. The summed E-state index contributed by atoms with van der Waals surface area (Å²) in [7, 11) is 0. The minimum Gasteiger partial charge on any atom is -0.396 e. The number of carbonyl (C=O) groups is 1. The van der Waals surface area contributed by atoms with Crippen molar-refractivity contribution in [2.75, 3.05) is 25.1 Å². The van der Waals surface area contributed by atoms with Crippen molar-refractivity contribution in [2.45, 2.75) is 25.7 Å². The first-order chi connectivity index (χ1) is 10.2. The summed E-state index contributed by atoms with van der Waals surface area (Å²) in [6.07, 6.45) is 4.00. The highest BCUT2D eigenvalue weighted by Gasteiger charge is 2.28. The summed E-state index contributed by atoms with van der Waals surface area (Å²) in [6.45, 7) is 0.895. The molecule has 5 nitrogen and oxygen atoms in total. The molecule has 1 aromatic carbocycles. The van der Waals surface area contributed by atoms with Crippen LogP contribution in [0.1, 0.15) is 25.7 Å². The Morgan fingerprint density at radius 3 is 2.38 bits per heavy atom. The molecule has 0 heterocycles. The van der Waals surface area contributed by atoms with Crippen LogP contribution in [0.25, 0.3) is 0 Å². The second kappa shape index (κ2) is 10.2. The standard InChI is InChI=1S/C8H15NO2.C8H11NO/c9-8(11)7-4-2-1-3-6(7)5-10;10-7-6-9-8-4-2-1-3-5-8/h6-7,10H,1-5H2,(H2,9,11);1-5,9-10H,6-7H2/t6-,7-;/m1./s1. The van der Waals surface area contributed by atoms with Crippen LogP contribution in [0.5, 0.6) is 0 Å². The monoisotopic (exact) mass is 294 g/mol. The molecule has 5 heteroatoms. The lowest BCUT2D eigenvalue weighted by Gasteiger charge is -2.27. The number of amides is 1. The molecule has 0 unspecified atom stereocenters. The molecule has 1 fully saturated rings. The highest BCUT2D eigenvalue weighted by Crippen LogP contribution is 2.29. The zero-order valence-electron chi connectivity index (χ0n) is 12.4. The van der Waals surface area contributed by atoms with Crippen LogP contribution in [0.4, 0.5) is 5.69 Å². The average molecular weight is 294 g/mol. The van der Waals surface area contributed by atoms with Crippen molar-refractivity contribution in [3.63, 3.8) is 0 Å². The van der Waals surface area contributed by atoms with E-state index in [9.17, 15) is 4.79 Å². The normalized spacial score (nSPS) is 21.0. The number of hydrogen-bond acceptors (Lipinski definition) is 4. The smallest absolute Gasteiger partial charge is 0.220 e. The molecule has 1 aliphatic rings. The minimum absolute atomic E-state index is 0.0752. The fraction of sp³-hybridized carbons (Fsp3) is 0.562. The van der Waals surface area contributed by atoms with Crippen LogP contribution in [0.3, 0.4) is 0 Å². The van der Waals surface area contributed by atoms with Crippen molar-refractivity contribution < 1.29 is 15.0 Å². The van der Waals surface area contributed by atoms with Gasteiger partial charge in [0.25, 0.3) is 0 Å². The number of benzene rings is 1. The Bertz CT molecular complexity index is 398. The largest absolute Gasteiger partial charge is 0.396 e. The van der Waals surface area contributed by atoms with Crippen molar-refractivity contribution in [1.82, 2.24) is 0 Å². The van der Waals surface area contributed by atoms with Crippen molar-refractivity contribution in [1.29, 1.82) is 0 Å². The maximum atomic E-state index is 10.8. The zero-order chi connectivity index (χ0) is 15.5. The van der Waals surface area contributed by atoms with Crippen LogP contribution in [-0.4, -0.2) is 35.9 Å². The first-order valence-electron chi connectivity index (χ1n) is 7.49. The minimum atomic E-state index is -0.247. The maximum absolute atomic E-state index is 10.8. The number of rotatable bonds is 5. The van der Waals surface area contributed by atoms with Crippen LogP contribution in [0.15, 0.2) is 30.3 Å². The van der Waals surface area contributed by atoms with Crippen molar-refractivity contribution in [2.24, 2.45) is 17.6 Å². The third kappa shape index (κ3) is 6.60. The summed E-state index contributed by atoms with van der Waals surface area (Å²) >= 11 is 0. The summed E-state index contributed by atoms with van der Waals surface area (Å²) in [5.41, 5.74) is 6.24. The number of para-hydroxylation sites is 1. The Labute approximate surface area is 126 Å². The zero-order valence-corrected chi connectivity index (χ0v) is 12.4. The van der Waals surface area contributed by atoms with Gasteiger partial charge < -0.3 is 21.3 Å². The molecular formula is C16H26N2O3. The molecule has 0 spiro atoms. The first kappa shape index (κ1) is 17.5. The molecule has 118 valence electrons. The van der Waals surface area contributed by atoms with E-state index >= 15 is 0 Å². The Morgan fingerprint density at radius 2 is 1.86 bits per heavy atom. The van der Waals surface area contributed by atoms with E-state index in [0.29, 0.717) is 6.54 Å². The summed E-state index contributed by atoms with van der Waals surface area (Å²) in [5, 5.41) is 20.4. The van der Waals surface area contributed by atoms with E-state index in [1.54, 1.807) is 0 Å². The number of carbonyl (C=O) groups excluding carboxylic acids is 1. The fourth-order valence-corrected chi connectivity index (χ4v) is 2.56. The van der Waals surface area contributed by atoms with Crippen LogP contribution >= 0.6 is 0 Å². The third-order valence-electron chi connectivity index (χ3n) is 3.72. The van der Waals surface area contributed by atoms with Gasteiger partial charge in [0.15, 0.2) is 0 Å². The fourth-order valence-electron chi connectivity index (χ4n) is 2.56. The SMILES string of the molecule is NC(=O)[C@@H]1CCCC[C@@H]1CO.OCCNc1ccccc1. The van der Waals surface area contributed by atoms with Gasteiger partial charge in [-0.15, -0.1) is 0 Å². The predicted octanol–water partition coefficient (Wildman–Crippen LogP) is 1.36. The maximum Gasteiger partial charge on any atom is 0.220 e. The highest BCUT2D eigenvalue weighted by atomic mass is 16.3. The van der Waals surface area contributed by atoms with E-state index in [-0.39, 0.29) is 31.0 Å². The van der Waals surface area contributed by atoms with Crippen LogP contribution < -0.4 is 11.1 Å². The molecule has 1 aromatic rings. The van der Waals surface area contributed by atoms with E-state index < -0.39 is 0 Å². The van der Waals surface area contributed by atoms with Crippen LogP contribution in [0, 0.1) is 11.8 Å². The van der Waals surface area contributed by atoms with Crippen molar-refractivity contribution in [3.8, 4) is 0 Å². The summed E-state index contributed by atoms with van der Waals surface area (Å²) in [5.74, 6) is -0.196. The Balaban J connectivity index is 0.000000211. The van der Waals surface area contributed by atoms with Crippen molar-refractivity contribution >= 4 is 11.6 Å². The lowest BCUT2D eigenvalue weighted by molar-refractivity contribution is -0.125. The number of nitrogens with one attached hydrogen (secondary N) is 1. The molecule has 0 bridgehead atoms. The van der Waals surface area contributed by atoms with Gasteiger partial charge >= 0.3 is 0 Å². The molecule has 1 aliphatic carbocycles. The molecule has 1 saturated carbocycles. The van der Waals surface area contributed by atoms with Gasteiger partial charge in [-0.25, -0.2) is 0 Å². The molecule has 2 atom stereocenters. The van der Waals surface area contributed by atoms with Crippen LogP contribution in [0.2, 0.25) is 0 Å². The van der Waals surface area contributed by atoms with Gasteiger partial charge in [-0.3, -0.25) is 4.79 Å². The molecule has 1 amide bonds. The lowest BCUT2D eigenvalue weighted by Crippen LogP contribution is -2.34. The quantitative estimate of drug-likeness (QED) is 0.659. The summed E-state index contributed by atoms with van der Waals surface area (Å²) in [6, 6.07) is 9.81. The Kier molecular flexibility index (Phi) is 8.47. The van der Waals surface area contributed by atoms with Gasteiger partial charge in [0.05, 0.1) is 6.61 Å².